The van der Waals surface area contributed by atoms with Crippen LogP contribution in [-0.4, -0.2) is 28.2 Å². The van der Waals surface area contributed by atoms with Gasteiger partial charge in [-0.2, -0.15) is 0 Å². The summed E-state index contributed by atoms with van der Waals surface area (Å²) in [7, 11) is 8.22. The number of anilines is 2. The zero-order valence-corrected chi connectivity index (χ0v) is 12.7. The lowest BCUT2D eigenvalue weighted by molar-refractivity contribution is 1.13. The van der Waals surface area contributed by atoms with Crippen LogP contribution in [0.4, 0.5) is 11.4 Å². The van der Waals surface area contributed by atoms with Crippen LogP contribution < -0.4 is 9.80 Å². The monoisotopic (exact) mass is 266 g/mol. The minimum Gasteiger partial charge on any atom is -0.378 e. The molecule has 0 radical (unpaired) electrons. The van der Waals surface area contributed by atoms with Crippen LogP contribution in [0, 0.1) is 0 Å². The highest BCUT2D eigenvalue weighted by Gasteiger charge is 1.96. The zero-order valence-electron chi connectivity index (χ0n) is 12.7. The second kappa shape index (κ2) is 6.29. The van der Waals surface area contributed by atoms with Crippen molar-refractivity contribution in [2.24, 2.45) is 0 Å². The Kier molecular flexibility index (Phi) is 4.46. The maximum absolute atomic E-state index is 2.19. The summed E-state index contributed by atoms with van der Waals surface area (Å²) in [4.78, 5) is 4.22. The molecule has 0 heterocycles. The number of benzene rings is 2. The summed E-state index contributed by atoms with van der Waals surface area (Å²) in [5, 5.41) is 0. The van der Waals surface area contributed by atoms with Crippen LogP contribution in [0.5, 0.6) is 0 Å². The number of hydrogen-bond donors (Lipinski definition) is 0. The molecule has 0 saturated heterocycles. The van der Waals surface area contributed by atoms with Crippen molar-refractivity contribution in [3.05, 3.63) is 59.7 Å². The number of hydrogen-bond acceptors (Lipinski definition) is 2. The lowest BCUT2D eigenvalue weighted by Crippen LogP contribution is -2.08. The Morgan fingerprint density at radius 3 is 1.85 bits per heavy atom. The van der Waals surface area contributed by atoms with Crippen molar-refractivity contribution >= 4 is 23.5 Å². The summed E-state index contributed by atoms with van der Waals surface area (Å²) < 4.78 is 0. The van der Waals surface area contributed by atoms with Crippen LogP contribution in [0.25, 0.3) is 12.2 Å². The van der Waals surface area contributed by atoms with E-state index in [1.165, 1.54) is 22.5 Å². The maximum Gasteiger partial charge on any atom is 0.0367 e. The summed E-state index contributed by atoms with van der Waals surface area (Å²) in [5.74, 6) is 0. The molecule has 0 aliphatic carbocycles. The average molecular weight is 266 g/mol. The molecule has 2 heteroatoms. The van der Waals surface area contributed by atoms with E-state index >= 15 is 0 Å². The Hall–Kier alpha value is -2.22. The van der Waals surface area contributed by atoms with Crippen LogP contribution in [0.2, 0.25) is 0 Å². The number of rotatable bonds is 4. The van der Waals surface area contributed by atoms with Gasteiger partial charge in [-0.05, 0) is 35.4 Å². The molecule has 0 aromatic heterocycles. The van der Waals surface area contributed by atoms with Gasteiger partial charge in [-0.1, -0.05) is 36.4 Å². The summed E-state index contributed by atoms with van der Waals surface area (Å²) >= 11 is 0. The molecule has 2 nitrogen and oxygen atoms in total. The van der Waals surface area contributed by atoms with E-state index in [9.17, 15) is 0 Å². The highest BCUT2D eigenvalue weighted by atomic mass is 15.1. The Morgan fingerprint density at radius 2 is 1.25 bits per heavy atom. The summed E-state index contributed by atoms with van der Waals surface area (Å²) in [5.41, 5.74) is 4.87. The van der Waals surface area contributed by atoms with E-state index in [4.69, 9.17) is 0 Å². The van der Waals surface area contributed by atoms with Gasteiger partial charge in [0.25, 0.3) is 0 Å². The second-order valence-electron chi connectivity index (χ2n) is 5.31. The fourth-order valence-corrected chi connectivity index (χ4v) is 1.98. The predicted molar refractivity (Wildman–Crippen MR) is 90.5 cm³/mol. The van der Waals surface area contributed by atoms with Gasteiger partial charge in [-0.3, -0.25) is 0 Å². The summed E-state index contributed by atoms with van der Waals surface area (Å²) in [6.45, 7) is 0. The molecule has 2 aromatic carbocycles. The third-order valence-corrected chi connectivity index (χ3v) is 3.26. The largest absolute Gasteiger partial charge is 0.378 e. The zero-order chi connectivity index (χ0) is 14.5. The molecule has 0 bridgehead atoms. The van der Waals surface area contributed by atoms with Gasteiger partial charge in [-0.25, -0.2) is 0 Å². The molecule has 20 heavy (non-hydrogen) atoms. The highest BCUT2D eigenvalue weighted by Crippen LogP contribution is 2.17. The van der Waals surface area contributed by atoms with Crippen molar-refractivity contribution in [3.8, 4) is 0 Å². The smallest absolute Gasteiger partial charge is 0.0367 e. The van der Waals surface area contributed by atoms with Crippen molar-refractivity contribution in [1.29, 1.82) is 0 Å². The highest BCUT2D eigenvalue weighted by molar-refractivity contribution is 5.72. The maximum atomic E-state index is 2.19. The first-order chi connectivity index (χ1) is 9.56. The van der Waals surface area contributed by atoms with E-state index in [1.54, 1.807) is 0 Å². The lowest BCUT2D eigenvalue weighted by Gasteiger charge is -2.12. The average Bonchev–Trinajstić information content (AvgIpc) is 2.46. The molecule has 0 fully saturated rings. The quantitative estimate of drug-likeness (QED) is 0.772. The van der Waals surface area contributed by atoms with Crippen molar-refractivity contribution < 1.29 is 0 Å². The van der Waals surface area contributed by atoms with E-state index in [2.05, 4.69) is 98.7 Å². The molecule has 0 atom stereocenters. The summed E-state index contributed by atoms with van der Waals surface area (Å²) in [6, 6.07) is 17.1. The molecule has 0 spiro atoms. The van der Waals surface area contributed by atoms with E-state index in [1.807, 2.05) is 0 Å². The molecule has 0 unspecified atom stereocenters. The van der Waals surface area contributed by atoms with Crippen molar-refractivity contribution in [3.63, 3.8) is 0 Å². The molecule has 2 rings (SSSR count). The molecular weight excluding hydrogens is 244 g/mol. The van der Waals surface area contributed by atoms with E-state index in [0.29, 0.717) is 0 Å². The van der Waals surface area contributed by atoms with Gasteiger partial charge in [-0.15, -0.1) is 0 Å². The summed E-state index contributed by atoms with van der Waals surface area (Å²) in [6.07, 6.45) is 4.30. The van der Waals surface area contributed by atoms with Gasteiger partial charge < -0.3 is 9.80 Å². The first kappa shape index (κ1) is 14.2. The molecular formula is C18H22N2. The van der Waals surface area contributed by atoms with Crippen molar-refractivity contribution in [2.75, 3.05) is 38.0 Å². The topological polar surface area (TPSA) is 6.48 Å². The second-order valence-corrected chi connectivity index (χ2v) is 5.31. The molecule has 0 aliphatic rings. The van der Waals surface area contributed by atoms with Gasteiger partial charge in [0.2, 0.25) is 0 Å². The third-order valence-electron chi connectivity index (χ3n) is 3.26. The molecule has 0 N–H and O–H groups in total. The van der Waals surface area contributed by atoms with Gasteiger partial charge in [0.05, 0.1) is 0 Å². The van der Waals surface area contributed by atoms with E-state index < -0.39 is 0 Å². The third kappa shape index (κ3) is 3.64. The van der Waals surface area contributed by atoms with Gasteiger partial charge in [0, 0.05) is 39.6 Å². The molecule has 0 saturated carbocycles. The molecule has 104 valence electrons. The van der Waals surface area contributed by atoms with Crippen LogP contribution >= 0.6 is 0 Å². The minimum atomic E-state index is 1.21. The first-order valence-corrected chi connectivity index (χ1v) is 6.79. The predicted octanol–water partition coefficient (Wildman–Crippen LogP) is 3.99. The van der Waals surface area contributed by atoms with Gasteiger partial charge >= 0.3 is 0 Å². The Bertz CT molecular complexity index is 581. The standard InChI is InChI=1S/C18H22N2/c1-19(2)17-12-10-15(11-13-17)8-9-16-6-5-7-18(14-16)20(3)4/h5-14H,1-4H3/b9-8+. The van der Waals surface area contributed by atoms with E-state index in [-0.39, 0.29) is 0 Å². The van der Waals surface area contributed by atoms with Gasteiger partial charge in [0.1, 0.15) is 0 Å². The Labute approximate surface area is 122 Å². The normalized spacial score (nSPS) is 10.8. The van der Waals surface area contributed by atoms with E-state index in [0.717, 1.165) is 0 Å². The molecule has 2 aromatic rings. The van der Waals surface area contributed by atoms with Crippen LogP contribution in [0.1, 0.15) is 11.1 Å². The fourth-order valence-electron chi connectivity index (χ4n) is 1.98. The lowest BCUT2D eigenvalue weighted by atomic mass is 10.1. The Morgan fingerprint density at radius 1 is 0.650 bits per heavy atom. The van der Waals surface area contributed by atoms with Crippen molar-refractivity contribution in [2.45, 2.75) is 0 Å². The molecule has 0 aliphatic heterocycles. The Balaban J connectivity index is 2.14. The first-order valence-electron chi connectivity index (χ1n) is 6.79. The fraction of sp³-hybridized carbons (Fsp3) is 0.222. The van der Waals surface area contributed by atoms with Gasteiger partial charge in [0.15, 0.2) is 0 Å². The van der Waals surface area contributed by atoms with Crippen LogP contribution in [-0.2, 0) is 0 Å². The van der Waals surface area contributed by atoms with Crippen LogP contribution in [0.15, 0.2) is 48.5 Å². The number of nitrogens with zero attached hydrogens (tertiary/aromatic N) is 2. The van der Waals surface area contributed by atoms with Crippen LogP contribution in [0.3, 0.4) is 0 Å². The van der Waals surface area contributed by atoms with Crippen molar-refractivity contribution in [1.82, 2.24) is 0 Å². The minimum absolute atomic E-state index is 1.21. The molecule has 0 amide bonds. The SMILES string of the molecule is CN(C)c1ccc(/C=C/c2cccc(N(C)C)c2)cc1.